The van der Waals surface area contributed by atoms with Crippen LogP contribution in [0.25, 0.3) is 0 Å². The molecule has 358 valence electrons. The Bertz CT molecular complexity index is 1050. The lowest BCUT2D eigenvalue weighted by molar-refractivity contribution is -0.112. The first kappa shape index (κ1) is 60.5. The third-order valence-electron chi connectivity index (χ3n) is 9.98. The Morgan fingerprint density at radius 2 is 0.850 bits per heavy atom. The lowest BCUT2D eigenvalue weighted by Gasteiger charge is -2.46. The van der Waals surface area contributed by atoms with Gasteiger partial charge in [0, 0.05) is 87.5 Å². The van der Waals surface area contributed by atoms with Crippen molar-refractivity contribution >= 4 is 50.7 Å². The molecule has 12 nitrogen and oxygen atoms in total. The largest absolute Gasteiger partial charge is 0.370 e. The molecule has 0 rings (SSSR count). The second-order valence-corrected chi connectivity index (χ2v) is 22.9. The highest BCUT2D eigenvalue weighted by Crippen LogP contribution is 2.52. The molecule has 60 heavy (non-hydrogen) atoms. The number of hydrogen-bond acceptors (Lipinski definition) is 14. The van der Waals surface area contributed by atoms with E-state index in [0.29, 0.717) is 93.4 Å². The molecule has 0 aromatic carbocycles. The molecule has 0 amide bonds. The summed E-state index contributed by atoms with van der Waals surface area (Å²) in [5.74, 6) is 0.764. The van der Waals surface area contributed by atoms with Gasteiger partial charge in [0.05, 0.1) is 25.1 Å². The van der Waals surface area contributed by atoms with Crippen molar-refractivity contribution in [3.8, 4) is 0 Å². The topological polar surface area (TPSA) is 90.5 Å². The minimum Gasteiger partial charge on any atom is -0.370 e. The molecule has 2 atom stereocenters. The van der Waals surface area contributed by atoms with Crippen molar-refractivity contribution in [3.63, 3.8) is 0 Å². The van der Waals surface area contributed by atoms with Crippen molar-refractivity contribution in [2.45, 2.75) is 198 Å². The fourth-order valence-corrected chi connectivity index (χ4v) is 13.1. The van der Waals surface area contributed by atoms with E-state index < -0.39 is 16.9 Å². The van der Waals surface area contributed by atoms with Crippen LogP contribution in [0.3, 0.4) is 0 Å². The highest BCUT2D eigenvalue weighted by atomic mass is 32.2. The maximum atomic E-state index is 12.8. The van der Waals surface area contributed by atoms with Gasteiger partial charge >= 0.3 is 0 Å². The van der Waals surface area contributed by atoms with Crippen LogP contribution in [0, 0.1) is 0 Å². The van der Waals surface area contributed by atoms with Crippen LogP contribution in [0.1, 0.15) is 150 Å². The van der Waals surface area contributed by atoms with Gasteiger partial charge < -0.3 is 28.3 Å². The second-order valence-electron chi connectivity index (χ2n) is 17.6. The Kier molecular flexibility index (Phi) is 35.1. The van der Waals surface area contributed by atoms with E-state index in [0.717, 1.165) is 52.0 Å². The summed E-state index contributed by atoms with van der Waals surface area (Å²) in [5.41, 5.74) is 0. The first-order valence-electron chi connectivity index (χ1n) is 23.1. The summed E-state index contributed by atoms with van der Waals surface area (Å²) in [6.07, 6.45) is 3.59. The molecule has 0 aromatic heterocycles. The molecule has 0 aliphatic carbocycles. The summed E-state index contributed by atoms with van der Waals surface area (Å²) in [7, 11) is 0.175. The minimum atomic E-state index is -1.03. The van der Waals surface area contributed by atoms with Gasteiger partial charge in [-0.25, -0.2) is 18.7 Å². The molecule has 0 radical (unpaired) electrons. The fraction of sp³-hybridized carbons (Fsp3) is 0.955. The van der Waals surface area contributed by atoms with Crippen LogP contribution in [0.2, 0.25) is 0 Å². The number of ether oxygens (including phenoxy) is 2. The lowest BCUT2D eigenvalue weighted by Crippen LogP contribution is -2.45. The molecule has 0 heterocycles. The Labute approximate surface area is 381 Å². The molecule has 0 N–H and O–H groups in total. The van der Waals surface area contributed by atoms with E-state index in [2.05, 4.69) is 153 Å². The first-order chi connectivity index (χ1) is 28.2. The van der Waals surface area contributed by atoms with Gasteiger partial charge in [0.1, 0.15) is 0 Å². The zero-order valence-electron chi connectivity index (χ0n) is 41.8. The van der Waals surface area contributed by atoms with E-state index in [4.69, 9.17) is 18.5 Å². The van der Waals surface area contributed by atoms with Gasteiger partial charge in [0.25, 0.3) is 0 Å². The van der Waals surface area contributed by atoms with E-state index in [1.807, 2.05) is 0 Å². The summed E-state index contributed by atoms with van der Waals surface area (Å²) in [4.78, 5) is 29.6. The summed E-state index contributed by atoms with van der Waals surface area (Å²) in [6.45, 7) is 44.8. The predicted octanol–water partition coefficient (Wildman–Crippen LogP) is 10.6. The number of rotatable bonds is 37. The minimum absolute atomic E-state index is 0.165. The summed E-state index contributed by atoms with van der Waals surface area (Å²) in [5, 5.41) is 0.352. The van der Waals surface area contributed by atoms with Crippen molar-refractivity contribution in [3.05, 3.63) is 0 Å². The second kappa shape index (κ2) is 34.8. The smallest absolute Gasteiger partial charge is 0.192 e. The zero-order valence-corrected chi connectivity index (χ0v) is 45.2. The number of carbonyl (C=O) groups is 2. The van der Waals surface area contributed by atoms with Crippen molar-refractivity contribution < 1.29 is 28.1 Å². The highest BCUT2D eigenvalue weighted by Gasteiger charge is 2.36. The maximum Gasteiger partial charge on any atom is 0.192 e. The van der Waals surface area contributed by atoms with Gasteiger partial charge in [-0.05, 0) is 150 Å². The van der Waals surface area contributed by atoms with Crippen LogP contribution in [-0.2, 0) is 28.1 Å². The molecular formula is C44H94N6O6P2S2. The number of carbonyl (C=O) groups excluding carboxylic acids is 2. The molecule has 0 saturated heterocycles. The van der Waals surface area contributed by atoms with Gasteiger partial charge in [-0.3, -0.25) is 9.59 Å². The van der Waals surface area contributed by atoms with Crippen molar-refractivity contribution in [2.24, 2.45) is 0 Å². The predicted molar refractivity (Wildman–Crippen MR) is 264 cm³/mol. The van der Waals surface area contributed by atoms with E-state index in [-0.39, 0.29) is 16.3 Å². The molecule has 16 heteroatoms. The first-order valence-corrected chi connectivity index (χ1v) is 27.4. The van der Waals surface area contributed by atoms with Crippen LogP contribution in [0.15, 0.2) is 0 Å². The Hall–Kier alpha value is 0.500. The van der Waals surface area contributed by atoms with E-state index in [1.165, 1.54) is 23.5 Å². The Morgan fingerprint density at radius 3 is 1.20 bits per heavy atom. The van der Waals surface area contributed by atoms with E-state index in [9.17, 15) is 9.59 Å². The SMILES string of the molecule is CCN(CC)CCC(=O)SCOCCCOP(N(C(C)C)C(C)C)N(C(C)C)C(C)CCN(C)CCC(=O)SCOCCCOP(N(C(C)C)C(C)C)N(C(C)C)C(C)C. The van der Waals surface area contributed by atoms with Crippen LogP contribution in [0.5, 0.6) is 0 Å². The van der Waals surface area contributed by atoms with E-state index in [1.54, 1.807) is 0 Å². The molecule has 0 spiro atoms. The fourth-order valence-electron chi connectivity index (χ4n) is 7.17. The molecule has 0 bridgehead atoms. The number of hydrogen-bond donors (Lipinski definition) is 0. The number of thioether (sulfide) groups is 2. The average molecular weight is 929 g/mol. The lowest BCUT2D eigenvalue weighted by atomic mass is 10.2. The molecule has 0 aliphatic rings. The van der Waals surface area contributed by atoms with Gasteiger partial charge in [-0.2, -0.15) is 0 Å². The number of nitrogens with zero attached hydrogens (tertiary/aromatic N) is 6. The molecule has 0 aliphatic heterocycles. The van der Waals surface area contributed by atoms with Crippen LogP contribution < -0.4 is 0 Å². The van der Waals surface area contributed by atoms with Gasteiger partial charge in [-0.1, -0.05) is 37.4 Å². The summed E-state index contributed by atoms with van der Waals surface area (Å²) in [6, 6.07) is 2.77. The standard InChI is InChI=1S/C44H94N6O6P2S2/c1-19-46(20-2)28-25-44(52)60-34-54-30-22-32-56-58(49(39(11)12)40(13)14)50(41(15)16)42(17)23-26-45(18)27-24-43(51)59-33-53-29-21-31-55-57(47(35(3)4)36(5)6)48(37(7)8)38(9)10/h35-42H,19-34H2,1-18H3. The van der Waals surface area contributed by atoms with Crippen LogP contribution in [0.4, 0.5) is 0 Å². The van der Waals surface area contributed by atoms with Crippen molar-refractivity contribution in [1.82, 2.24) is 28.5 Å². The monoisotopic (exact) mass is 929 g/mol. The summed E-state index contributed by atoms with van der Waals surface area (Å²) < 4.78 is 35.2. The third kappa shape index (κ3) is 25.3. The highest BCUT2D eigenvalue weighted by molar-refractivity contribution is 8.13. The molecule has 0 fully saturated rings. The molecule has 0 saturated carbocycles. The molecule has 0 aromatic rings. The van der Waals surface area contributed by atoms with Crippen molar-refractivity contribution in [2.75, 3.05) is 78.1 Å². The zero-order chi connectivity index (χ0) is 45.9. The Balaban J connectivity index is 4.93. The van der Waals surface area contributed by atoms with Crippen LogP contribution in [-0.4, -0.2) is 165 Å². The van der Waals surface area contributed by atoms with E-state index >= 15 is 0 Å². The quantitative estimate of drug-likeness (QED) is 0.0336. The third-order valence-corrected chi connectivity index (χ3v) is 17.6. The van der Waals surface area contributed by atoms with Gasteiger partial charge in [-0.15, -0.1) is 0 Å². The van der Waals surface area contributed by atoms with Gasteiger partial charge in [0.15, 0.2) is 27.1 Å². The molecule has 2 unspecified atom stereocenters. The van der Waals surface area contributed by atoms with Crippen LogP contribution >= 0.6 is 40.4 Å². The maximum absolute atomic E-state index is 12.8. The van der Waals surface area contributed by atoms with Crippen molar-refractivity contribution in [1.29, 1.82) is 0 Å². The Morgan fingerprint density at radius 1 is 0.500 bits per heavy atom. The normalized spacial score (nSPS) is 14.1. The molecular weight excluding hydrogens is 835 g/mol. The average Bonchev–Trinajstić information content (AvgIpc) is 3.14. The van der Waals surface area contributed by atoms with Gasteiger partial charge in [0.2, 0.25) is 0 Å². The summed E-state index contributed by atoms with van der Waals surface area (Å²) >= 11 is 2.55.